The highest BCUT2D eigenvalue weighted by Crippen LogP contribution is 2.29. The van der Waals surface area contributed by atoms with Gasteiger partial charge in [0.1, 0.15) is 0 Å². The highest BCUT2D eigenvalue weighted by molar-refractivity contribution is 5.05. The maximum absolute atomic E-state index is 4.52. The van der Waals surface area contributed by atoms with Crippen LogP contribution in [0.3, 0.4) is 0 Å². The van der Waals surface area contributed by atoms with Crippen molar-refractivity contribution in [2.45, 2.75) is 59.7 Å². The highest BCUT2D eigenvalue weighted by Gasteiger charge is 2.36. The number of hydrogen-bond donors (Lipinski definition) is 1. The molecule has 0 aromatic carbocycles. The number of aromatic nitrogens is 1. The fourth-order valence-corrected chi connectivity index (χ4v) is 3.23. The molecule has 2 rings (SSSR count). The normalized spacial score (nSPS) is 25.8. The molecule has 3 atom stereocenters. The lowest BCUT2D eigenvalue weighted by Gasteiger charge is -2.47. The Morgan fingerprint density at radius 1 is 1.38 bits per heavy atom. The molecule has 1 aromatic rings. The van der Waals surface area contributed by atoms with Gasteiger partial charge in [-0.1, -0.05) is 47.1 Å². The quantitative estimate of drug-likeness (QED) is 0.921. The fraction of sp³-hybridized carbons (Fsp3) is 0.722. The monoisotopic (exact) mass is 289 g/mol. The highest BCUT2D eigenvalue weighted by atomic mass is 15.2. The molecule has 1 N–H and O–H groups in total. The van der Waals surface area contributed by atoms with Crippen LogP contribution in [0.1, 0.15) is 46.7 Å². The first-order chi connectivity index (χ1) is 9.91. The Hall–Kier alpha value is -0.930. The second kappa shape index (κ2) is 6.89. The molecule has 3 unspecified atom stereocenters. The Kier molecular flexibility index (Phi) is 5.39. The van der Waals surface area contributed by atoms with Crippen molar-refractivity contribution in [1.29, 1.82) is 0 Å². The van der Waals surface area contributed by atoms with Crippen LogP contribution in [0.15, 0.2) is 24.4 Å². The summed E-state index contributed by atoms with van der Waals surface area (Å²) in [5.74, 6) is 0.720. The van der Waals surface area contributed by atoms with Gasteiger partial charge in [0.25, 0.3) is 0 Å². The molecular weight excluding hydrogens is 258 g/mol. The molecule has 1 fully saturated rings. The minimum absolute atomic E-state index is 0.280. The number of nitrogens with one attached hydrogen (secondary N) is 1. The third kappa shape index (κ3) is 4.27. The third-order valence-corrected chi connectivity index (χ3v) is 4.87. The van der Waals surface area contributed by atoms with Crippen LogP contribution >= 0.6 is 0 Å². The van der Waals surface area contributed by atoms with Crippen molar-refractivity contribution in [2.75, 3.05) is 13.1 Å². The molecule has 0 saturated carbocycles. The van der Waals surface area contributed by atoms with E-state index in [1.165, 1.54) is 12.1 Å². The molecule has 1 saturated heterocycles. The number of hydrogen-bond acceptors (Lipinski definition) is 3. The molecule has 0 bridgehead atoms. The maximum atomic E-state index is 4.52. The van der Waals surface area contributed by atoms with Gasteiger partial charge in [0, 0.05) is 37.9 Å². The molecule has 0 radical (unpaired) electrons. The van der Waals surface area contributed by atoms with Gasteiger partial charge in [-0.2, -0.15) is 0 Å². The SMILES string of the molecule is CCC(C)C1CN(Cc2ccccn2)C(C(C)(C)C)CN1. The Labute approximate surface area is 130 Å². The standard InChI is InChI=1S/C18H31N3/c1-6-14(2)16-13-21(12-15-9-7-8-10-19-15)17(11-20-16)18(3,4)5/h7-10,14,16-17,20H,6,11-13H2,1-5H3. The lowest BCUT2D eigenvalue weighted by atomic mass is 9.82. The number of rotatable bonds is 4. The predicted octanol–water partition coefficient (Wildman–Crippen LogP) is 3.32. The smallest absolute Gasteiger partial charge is 0.0544 e. The zero-order chi connectivity index (χ0) is 15.5. The predicted molar refractivity (Wildman–Crippen MR) is 89.1 cm³/mol. The van der Waals surface area contributed by atoms with Crippen LogP contribution in [0, 0.1) is 11.3 Å². The van der Waals surface area contributed by atoms with E-state index in [1.807, 2.05) is 12.3 Å². The average molecular weight is 289 g/mol. The Bertz CT molecular complexity index is 424. The van der Waals surface area contributed by atoms with Crippen molar-refractivity contribution in [3.63, 3.8) is 0 Å². The van der Waals surface area contributed by atoms with Crippen LogP contribution < -0.4 is 5.32 Å². The van der Waals surface area contributed by atoms with Crippen LogP contribution in [-0.4, -0.2) is 35.1 Å². The van der Waals surface area contributed by atoms with E-state index in [-0.39, 0.29) is 5.41 Å². The molecular formula is C18H31N3. The summed E-state index contributed by atoms with van der Waals surface area (Å²) >= 11 is 0. The first kappa shape index (κ1) is 16.4. The molecule has 1 aliphatic rings. The zero-order valence-electron chi connectivity index (χ0n) is 14.3. The zero-order valence-corrected chi connectivity index (χ0v) is 14.3. The number of nitrogens with zero attached hydrogens (tertiary/aromatic N) is 2. The summed E-state index contributed by atoms with van der Waals surface area (Å²) in [7, 11) is 0. The third-order valence-electron chi connectivity index (χ3n) is 4.87. The topological polar surface area (TPSA) is 28.2 Å². The van der Waals surface area contributed by atoms with Crippen LogP contribution in [0.4, 0.5) is 0 Å². The van der Waals surface area contributed by atoms with Crippen molar-refractivity contribution in [1.82, 2.24) is 15.2 Å². The van der Waals surface area contributed by atoms with E-state index in [2.05, 4.69) is 62.0 Å². The summed E-state index contributed by atoms with van der Waals surface area (Å²) in [6, 6.07) is 7.37. The van der Waals surface area contributed by atoms with Crippen molar-refractivity contribution in [3.05, 3.63) is 30.1 Å². The Morgan fingerprint density at radius 2 is 2.14 bits per heavy atom. The molecule has 1 aromatic heterocycles. The van der Waals surface area contributed by atoms with Crippen molar-refractivity contribution >= 4 is 0 Å². The van der Waals surface area contributed by atoms with Gasteiger partial charge in [0.05, 0.1) is 5.69 Å². The summed E-state index contributed by atoms with van der Waals surface area (Å²) in [5.41, 5.74) is 1.46. The molecule has 2 heterocycles. The molecule has 1 aliphatic heterocycles. The fourth-order valence-electron chi connectivity index (χ4n) is 3.23. The summed E-state index contributed by atoms with van der Waals surface area (Å²) in [6.07, 6.45) is 3.13. The van der Waals surface area contributed by atoms with Crippen LogP contribution in [0.2, 0.25) is 0 Å². The lowest BCUT2D eigenvalue weighted by Crippen LogP contribution is -2.61. The Balaban J connectivity index is 2.13. The van der Waals surface area contributed by atoms with E-state index < -0.39 is 0 Å². The largest absolute Gasteiger partial charge is 0.311 e. The van der Waals surface area contributed by atoms with Gasteiger partial charge in [-0.05, 0) is 23.5 Å². The summed E-state index contributed by atoms with van der Waals surface area (Å²) in [4.78, 5) is 7.15. The van der Waals surface area contributed by atoms with Gasteiger partial charge >= 0.3 is 0 Å². The molecule has 0 aliphatic carbocycles. The number of pyridine rings is 1. The minimum Gasteiger partial charge on any atom is -0.311 e. The summed E-state index contributed by atoms with van der Waals surface area (Å²) < 4.78 is 0. The molecule has 3 heteroatoms. The van der Waals surface area contributed by atoms with Gasteiger partial charge in [-0.15, -0.1) is 0 Å². The molecule has 21 heavy (non-hydrogen) atoms. The van der Waals surface area contributed by atoms with E-state index in [0.717, 1.165) is 25.6 Å². The molecule has 0 spiro atoms. The molecule has 118 valence electrons. The second-order valence-corrected chi connectivity index (χ2v) is 7.53. The second-order valence-electron chi connectivity index (χ2n) is 7.53. The summed E-state index contributed by atoms with van der Waals surface area (Å²) in [6.45, 7) is 14.8. The van der Waals surface area contributed by atoms with Gasteiger partial charge in [0.15, 0.2) is 0 Å². The average Bonchev–Trinajstić information content (AvgIpc) is 2.46. The molecule has 3 nitrogen and oxygen atoms in total. The van der Waals surface area contributed by atoms with Crippen LogP contribution in [0.25, 0.3) is 0 Å². The Morgan fingerprint density at radius 3 is 2.71 bits per heavy atom. The van der Waals surface area contributed by atoms with Crippen molar-refractivity contribution in [3.8, 4) is 0 Å². The number of piperazine rings is 1. The van der Waals surface area contributed by atoms with Crippen LogP contribution in [-0.2, 0) is 6.54 Å². The van der Waals surface area contributed by atoms with Gasteiger partial charge in [-0.25, -0.2) is 0 Å². The first-order valence-corrected chi connectivity index (χ1v) is 8.29. The van der Waals surface area contributed by atoms with Crippen molar-refractivity contribution in [2.24, 2.45) is 11.3 Å². The lowest BCUT2D eigenvalue weighted by molar-refractivity contribution is 0.0370. The van der Waals surface area contributed by atoms with E-state index in [9.17, 15) is 0 Å². The van der Waals surface area contributed by atoms with E-state index in [1.54, 1.807) is 0 Å². The van der Waals surface area contributed by atoms with Gasteiger partial charge < -0.3 is 5.32 Å². The van der Waals surface area contributed by atoms with Gasteiger partial charge in [-0.3, -0.25) is 9.88 Å². The van der Waals surface area contributed by atoms with E-state index in [4.69, 9.17) is 0 Å². The summed E-state index contributed by atoms with van der Waals surface area (Å²) in [5, 5.41) is 3.78. The van der Waals surface area contributed by atoms with E-state index >= 15 is 0 Å². The van der Waals surface area contributed by atoms with Gasteiger partial charge in [0.2, 0.25) is 0 Å². The first-order valence-electron chi connectivity index (χ1n) is 8.29. The van der Waals surface area contributed by atoms with Crippen molar-refractivity contribution < 1.29 is 0 Å². The maximum Gasteiger partial charge on any atom is 0.0544 e. The molecule has 0 amide bonds. The minimum atomic E-state index is 0.280. The van der Waals surface area contributed by atoms with E-state index in [0.29, 0.717) is 12.1 Å². The van der Waals surface area contributed by atoms with Crippen LogP contribution in [0.5, 0.6) is 0 Å².